The summed E-state index contributed by atoms with van der Waals surface area (Å²) in [5.74, 6) is -0.0507. The second-order valence-electron chi connectivity index (χ2n) is 5.78. The highest BCUT2D eigenvalue weighted by atomic mass is 32.1. The summed E-state index contributed by atoms with van der Waals surface area (Å²) in [5.41, 5.74) is 3.24. The summed E-state index contributed by atoms with van der Waals surface area (Å²) < 4.78 is 0. The van der Waals surface area contributed by atoms with Crippen LogP contribution in [-0.4, -0.2) is 30.3 Å². The Morgan fingerprint density at radius 2 is 2.13 bits per heavy atom. The number of carbonyl (C=O) groups excluding carboxylic acids is 2. The van der Waals surface area contributed by atoms with Gasteiger partial charge >= 0.3 is 0 Å². The summed E-state index contributed by atoms with van der Waals surface area (Å²) in [5, 5.41) is 6.47. The summed E-state index contributed by atoms with van der Waals surface area (Å²) in [6.45, 7) is 0.367. The lowest BCUT2D eigenvalue weighted by atomic mass is 10.1. The molecule has 1 aliphatic rings. The zero-order valence-electron chi connectivity index (χ0n) is 13.1. The summed E-state index contributed by atoms with van der Waals surface area (Å²) in [6, 6.07) is 10.2. The lowest BCUT2D eigenvalue weighted by Gasteiger charge is -2.25. The molecule has 4 nitrogen and oxygen atoms in total. The fourth-order valence-electron chi connectivity index (χ4n) is 3.07. The minimum absolute atomic E-state index is 0.0670. The number of nitrogens with zero attached hydrogens (tertiary/aromatic N) is 1. The number of thiophene rings is 1. The second kappa shape index (κ2) is 6.96. The number of rotatable bonds is 5. The molecule has 0 fully saturated rings. The van der Waals surface area contributed by atoms with Gasteiger partial charge in [0.05, 0.1) is 6.04 Å². The first kappa shape index (κ1) is 15.7. The molecule has 1 aromatic carbocycles. The standard InChI is InChI=1S/C18H20N2O2S/c1-20(16-7-6-13-4-2-3-5-15(13)16)17(21)8-10-19-18(22)14-9-11-23-12-14/h2-5,9,11-12,16H,6-8,10H2,1H3,(H,19,22). The Labute approximate surface area is 140 Å². The smallest absolute Gasteiger partial charge is 0.252 e. The van der Waals surface area contributed by atoms with Gasteiger partial charge in [-0.1, -0.05) is 24.3 Å². The van der Waals surface area contributed by atoms with Crippen LogP contribution in [0.2, 0.25) is 0 Å². The molecule has 2 amide bonds. The first-order chi connectivity index (χ1) is 11.2. The van der Waals surface area contributed by atoms with E-state index in [1.165, 1.54) is 22.5 Å². The molecule has 23 heavy (non-hydrogen) atoms. The van der Waals surface area contributed by atoms with E-state index >= 15 is 0 Å². The Balaban J connectivity index is 1.52. The predicted molar refractivity (Wildman–Crippen MR) is 91.5 cm³/mol. The SMILES string of the molecule is CN(C(=O)CCNC(=O)c1ccsc1)C1CCc2ccccc21. The molecule has 1 aromatic heterocycles. The van der Waals surface area contributed by atoms with Crippen molar-refractivity contribution in [2.45, 2.75) is 25.3 Å². The van der Waals surface area contributed by atoms with E-state index in [4.69, 9.17) is 0 Å². The molecule has 0 aliphatic heterocycles. The average Bonchev–Trinajstić information content (AvgIpc) is 3.23. The van der Waals surface area contributed by atoms with Crippen molar-refractivity contribution in [1.29, 1.82) is 0 Å². The third kappa shape index (κ3) is 3.45. The average molecular weight is 328 g/mol. The van der Waals surface area contributed by atoms with E-state index in [0.29, 0.717) is 18.5 Å². The minimum Gasteiger partial charge on any atom is -0.351 e. The van der Waals surface area contributed by atoms with E-state index in [1.807, 2.05) is 29.5 Å². The molecule has 5 heteroatoms. The highest BCUT2D eigenvalue weighted by molar-refractivity contribution is 7.08. The van der Waals surface area contributed by atoms with E-state index in [-0.39, 0.29) is 17.9 Å². The molecule has 1 aliphatic carbocycles. The molecule has 1 unspecified atom stereocenters. The van der Waals surface area contributed by atoms with Gasteiger partial charge in [0.2, 0.25) is 5.91 Å². The molecule has 2 aromatic rings. The van der Waals surface area contributed by atoms with Crippen molar-refractivity contribution in [3.8, 4) is 0 Å². The van der Waals surface area contributed by atoms with Gasteiger partial charge in [0.1, 0.15) is 0 Å². The van der Waals surface area contributed by atoms with Crippen LogP contribution in [0.15, 0.2) is 41.1 Å². The summed E-state index contributed by atoms with van der Waals surface area (Å²) >= 11 is 1.49. The highest BCUT2D eigenvalue weighted by Crippen LogP contribution is 2.34. The number of fused-ring (bicyclic) bond motifs is 1. The fourth-order valence-corrected chi connectivity index (χ4v) is 3.70. The molecule has 0 radical (unpaired) electrons. The first-order valence-corrected chi connectivity index (χ1v) is 8.75. The van der Waals surface area contributed by atoms with Crippen molar-refractivity contribution in [3.63, 3.8) is 0 Å². The molecule has 0 bridgehead atoms. The van der Waals surface area contributed by atoms with E-state index in [1.54, 1.807) is 11.4 Å². The molecule has 1 N–H and O–H groups in total. The predicted octanol–water partition coefficient (Wildman–Crippen LogP) is 3.01. The monoisotopic (exact) mass is 328 g/mol. The summed E-state index contributed by atoms with van der Waals surface area (Å²) in [6.07, 6.45) is 2.32. The molecular formula is C18H20N2O2S. The number of amides is 2. The highest BCUT2D eigenvalue weighted by Gasteiger charge is 2.27. The Hall–Kier alpha value is -2.14. The number of hydrogen-bond acceptors (Lipinski definition) is 3. The van der Waals surface area contributed by atoms with E-state index in [0.717, 1.165) is 12.8 Å². The quantitative estimate of drug-likeness (QED) is 0.917. The molecule has 1 heterocycles. The Bertz CT molecular complexity index is 697. The molecular weight excluding hydrogens is 308 g/mol. The second-order valence-corrected chi connectivity index (χ2v) is 6.56. The van der Waals surface area contributed by atoms with Crippen LogP contribution in [0.4, 0.5) is 0 Å². The van der Waals surface area contributed by atoms with Crippen molar-refractivity contribution >= 4 is 23.2 Å². The number of carbonyl (C=O) groups is 2. The third-order valence-electron chi connectivity index (χ3n) is 4.37. The van der Waals surface area contributed by atoms with Gasteiger partial charge in [-0.05, 0) is 35.4 Å². The lowest BCUT2D eigenvalue weighted by Crippen LogP contribution is -2.33. The number of nitrogens with one attached hydrogen (secondary N) is 1. The molecule has 3 rings (SSSR count). The zero-order valence-corrected chi connectivity index (χ0v) is 13.9. The summed E-state index contributed by atoms with van der Waals surface area (Å²) in [4.78, 5) is 26.1. The van der Waals surface area contributed by atoms with Crippen molar-refractivity contribution in [1.82, 2.24) is 10.2 Å². The van der Waals surface area contributed by atoms with Crippen molar-refractivity contribution in [2.24, 2.45) is 0 Å². The van der Waals surface area contributed by atoms with E-state index in [9.17, 15) is 9.59 Å². The maximum Gasteiger partial charge on any atom is 0.252 e. The Morgan fingerprint density at radius 3 is 2.91 bits per heavy atom. The molecule has 0 saturated heterocycles. The van der Waals surface area contributed by atoms with Crippen LogP contribution in [0.25, 0.3) is 0 Å². The molecule has 0 spiro atoms. The third-order valence-corrected chi connectivity index (χ3v) is 5.05. The van der Waals surface area contributed by atoms with Crippen molar-refractivity contribution in [2.75, 3.05) is 13.6 Å². The van der Waals surface area contributed by atoms with Gasteiger partial charge in [0, 0.05) is 31.0 Å². The van der Waals surface area contributed by atoms with Crippen LogP contribution in [-0.2, 0) is 11.2 Å². The molecule has 120 valence electrons. The number of benzene rings is 1. The van der Waals surface area contributed by atoms with Gasteiger partial charge in [-0.15, -0.1) is 0 Å². The normalized spacial score (nSPS) is 16.0. The van der Waals surface area contributed by atoms with Gasteiger partial charge < -0.3 is 10.2 Å². The van der Waals surface area contributed by atoms with Gasteiger partial charge in [-0.25, -0.2) is 0 Å². The topological polar surface area (TPSA) is 49.4 Å². The van der Waals surface area contributed by atoms with Gasteiger partial charge in [-0.2, -0.15) is 11.3 Å². The Kier molecular flexibility index (Phi) is 4.76. The van der Waals surface area contributed by atoms with E-state index in [2.05, 4.69) is 17.4 Å². The Morgan fingerprint density at radius 1 is 1.30 bits per heavy atom. The van der Waals surface area contributed by atoms with Crippen LogP contribution in [0.1, 0.15) is 40.4 Å². The number of aryl methyl sites for hydroxylation is 1. The van der Waals surface area contributed by atoms with Crippen molar-refractivity contribution in [3.05, 3.63) is 57.8 Å². The fraction of sp³-hybridized carbons (Fsp3) is 0.333. The van der Waals surface area contributed by atoms with Crippen molar-refractivity contribution < 1.29 is 9.59 Å². The zero-order chi connectivity index (χ0) is 16.2. The van der Waals surface area contributed by atoms with E-state index < -0.39 is 0 Å². The van der Waals surface area contributed by atoms with Crippen LogP contribution >= 0.6 is 11.3 Å². The van der Waals surface area contributed by atoms with Crippen LogP contribution < -0.4 is 5.32 Å². The lowest BCUT2D eigenvalue weighted by molar-refractivity contribution is -0.131. The molecule has 0 saturated carbocycles. The maximum absolute atomic E-state index is 12.4. The molecule has 1 atom stereocenters. The van der Waals surface area contributed by atoms with Gasteiger partial charge in [0.25, 0.3) is 5.91 Å². The van der Waals surface area contributed by atoms with Crippen LogP contribution in [0.5, 0.6) is 0 Å². The maximum atomic E-state index is 12.4. The van der Waals surface area contributed by atoms with Gasteiger partial charge in [0.15, 0.2) is 0 Å². The largest absolute Gasteiger partial charge is 0.351 e. The number of hydrogen-bond donors (Lipinski definition) is 1. The van der Waals surface area contributed by atoms with Crippen LogP contribution in [0.3, 0.4) is 0 Å². The van der Waals surface area contributed by atoms with Crippen LogP contribution in [0, 0.1) is 0 Å². The first-order valence-electron chi connectivity index (χ1n) is 7.80. The van der Waals surface area contributed by atoms with Gasteiger partial charge in [-0.3, -0.25) is 9.59 Å². The minimum atomic E-state index is -0.118. The summed E-state index contributed by atoms with van der Waals surface area (Å²) in [7, 11) is 1.86.